The van der Waals surface area contributed by atoms with Crippen LogP contribution in [0.3, 0.4) is 0 Å². The molecule has 2 fully saturated rings. The number of benzene rings is 2. The maximum atomic E-state index is 13.0. The van der Waals surface area contributed by atoms with Gasteiger partial charge in [0.25, 0.3) is 11.1 Å². The molecule has 0 saturated carbocycles. The normalized spacial score (nSPS) is 15.0. The van der Waals surface area contributed by atoms with Crippen molar-refractivity contribution in [3.63, 3.8) is 0 Å². The molecule has 16 nitrogen and oxygen atoms in total. The quantitative estimate of drug-likeness (QED) is 0.255. The number of hydrogen-bond acceptors (Lipinski definition) is 10. The van der Waals surface area contributed by atoms with Gasteiger partial charge in [0.1, 0.15) is 0 Å². The van der Waals surface area contributed by atoms with Crippen LogP contribution in [0.2, 0.25) is 10.0 Å². The topological polar surface area (TPSA) is 154 Å². The lowest BCUT2D eigenvalue weighted by Gasteiger charge is -2.28. The molecule has 2 aromatic carbocycles. The number of halogens is 5. The van der Waals surface area contributed by atoms with Gasteiger partial charge in [-0.05, 0) is 35.4 Å². The maximum absolute atomic E-state index is 13.0. The number of anilines is 2. The summed E-state index contributed by atoms with van der Waals surface area (Å²) >= 11 is 12.4. The first-order valence-corrected chi connectivity index (χ1v) is 19.2. The molecule has 58 heavy (non-hydrogen) atoms. The predicted octanol–water partition coefficient (Wildman–Crippen LogP) is 2.11. The van der Waals surface area contributed by atoms with E-state index in [0.29, 0.717) is 58.3 Å². The van der Waals surface area contributed by atoms with Crippen LogP contribution in [0, 0.1) is 0 Å². The summed E-state index contributed by atoms with van der Waals surface area (Å²) in [5.74, 6) is 1.17. The van der Waals surface area contributed by atoms with Gasteiger partial charge in [-0.25, -0.2) is 9.59 Å². The van der Waals surface area contributed by atoms with E-state index in [-0.39, 0.29) is 23.3 Å². The van der Waals surface area contributed by atoms with Crippen LogP contribution in [0.5, 0.6) is 0 Å². The van der Waals surface area contributed by atoms with Gasteiger partial charge >= 0.3 is 17.6 Å². The number of fused-ring (bicyclic) bond motifs is 2. The Morgan fingerprint density at radius 3 is 1.52 bits per heavy atom. The van der Waals surface area contributed by atoms with Gasteiger partial charge in [0.15, 0.2) is 22.3 Å². The van der Waals surface area contributed by atoms with E-state index in [4.69, 9.17) is 23.2 Å². The van der Waals surface area contributed by atoms with Crippen molar-refractivity contribution in [1.29, 1.82) is 0 Å². The van der Waals surface area contributed by atoms with Crippen LogP contribution < -0.4 is 42.9 Å². The van der Waals surface area contributed by atoms with Crippen LogP contribution in [0.15, 0.2) is 61.6 Å². The van der Waals surface area contributed by atoms with Gasteiger partial charge in [-0.15, -0.1) is 0 Å². The van der Waals surface area contributed by atoms with Gasteiger partial charge in [0.05, 0.1) is 18.7 Å². The Hall–Kier alpha value is -5.37. The standard InChI is InChI=1S/C19H21F3N6O2.C18H20Cl2N6O2/c1-25-15-14(16(29)26(2)18(25)30)28(17(24-15)27-9-7-23-8-10-27)11-12-3-5-13(6-4-12)19(20,21)22;1-23-15-14(16(27)24(2)18(23)28)26(10-11-3-4-12(19)9-13(11)20)17(22-15)25-7-5-21-6-8-25/h3-6,23H,7-11H2,1-2H3;3-4,9,21H,5-8,10H2,1-2H3. The number of piperazine rings is 2. The van der Waals surface area contributed by atoms with Crippen molar-refractivity contribution in [3.8, 4) is 0 Å². The number of hydrogen-bond donors (Lipinski definition) is 2. The van der Waals surface area contributed by atoms with Crippen molar-refractivity contribution in [2.75, 3.05) is 62.2 Å². The number of nitrogens with one attached hydrogen (secondary N) is 2. The smallest absolute Gasteiger partial charge is 0.340 e. The van der Waals surface area contributed by atoms with Gasteiger partial charge in [-0.1, -0.05) is 41.4 Å². The second-order valence-corrected chi connectivity index (χ2v) is 15.0. The third-order valence-electron chi connectivity index (χ3n) is 10.4. The van der Waals surface area contributed by atoms with Gasteiger partial charge < -0.3 is 20.4 Å². The van der Waals surface area contributed by atoms with Crippen molar-refractivity contribution in [2.24, 2.45) is 28.2 Å². The Kier molecular flexibility index (Phi) is 11.3. The summed E-state index contributed by atoms with van der Waals surface area (Å²) in [6.45, 7) is 6.44. The Bertz CT molecular complexity index is 2760. The minimum atomic E-state index is -4.42. The molecule has 2 saturated heterocycles. The Balaban J connectivity index is 0.000000177. The number of alkyl halides is 3. The molecule has 0 amide bonds. The number of aromatic nitrogens is 8. The predicted molar refractivity (Wildman–Crippen MR) is 217 cm³/mol. The summed E-state index contributed by atoms with van der Waals surface area (Å²) in [6.07, 6.45) is -4.42. The van der Waals surface area contributed by atoms with E-state index in [2.05, 4.69) is 25.5 Å². The van der Waals surface area contributed by atoms with Gasteiger partial charge in [-0.3, -0.25) is 37.0 Å². The van der Waals surface area contributed by atoms with E-state index in [1.165, 1.54) is 35.4 Å². The fraction of sp³-hybridized carbons (Fsp3) is 0.405. The number of nitrogens with zero attached hydrogens (tertiary/aromatic N) is 10. The molecule has 21 heteroatoms. The van der Waals surface area contributed by atoms with E-state index in [9.17, 15) is 32.3 Å². The van der Waals surface area contributed by atoms with Crippen molar-refractivity contribution in [1.82, 2.24) is 48.0 Å². The van der Waals surface area contributed by atoms with Crippen LogP contribution >= 0.6 is 23.2 Å². The monoisotopic (exact) mass is 844 g/mol. The Labute approximate surface area is 338 Å². The lowest BCUT2D eigenvalue weighted by Crippen LogP contribution is -2.44. The highest BCUT2D eigenvalue weighted by Gasteiger charge is 2.30. The highest BCUT2D eigenvalue weighted by molar-refractivity contribution is 6.35. The summed E-state index contributed by atoms with van der Waals surface area (Å²) in [5, 5.41) is 7.61. The molecular weight excluding hydrogens is 804 g/mol. The molecule has 0 radical (unpaired) electrons. The Morgan fingerprint density at radius 2 is 1.09 bits per heavy atom. The van der Waals surface area contributed by atoms with Crippen molar-refractivity contribution in [3.05, 3.63) is 111 Å². The number of rotatable bonds is 6. The minimum absolute atomic E-state index is 0.154. The fourth-order valence-electron chi connectivity index (χ4n) is 7.18. The number of aryl methyl sites for hydroxylation is 2. The summed E-state index contributed by atoms with van der Waals surface area (Å²) in [4.78, 5) is 63.9. The van der Waals surface area contributed by atoms with Crippen LogP contribution in [-0.2, 0) is 47.5 Å². The van der Waals surface area contributed by atoms with Gasteiger partial charge in [0.2, 0.25) is 11.9 Å². The highest BCUT2D eigenvalue weighted by atomic mass is 35.5. The molecule has 308 valence electrons. The van der Waals surface area contributed by atoms with E-state index < -0.39 is 28.7 Å². The summed E-state index contributed by atoms with van der Waals surface area (Å²) in [5.41, 5.74) is 0.158. The Morgan fingerprint density at radius 1 is 0.638 bits per heavy atom. The van der Waals surface area contributed by atoms with Crippen molar-refractivity contribution in [2.45, 2.75) is 19.3 Å². The van der Waals surface area contributed by atoms with Gasteiger partial charge in [-0.2, -0.15) is 23.1 Å². The van der Waals surface area contributed by atoms with E-state index in [1.807, 2.05) is 15.5 Å². The minimum Gasteiger partial charge on any atom is -0.340 e. The highest BCUT2D eigenvalue weighted by Crippen LogP contribution is 2.30. The first kappa shape index (κ1) is 40.8. The zero-order valence-corrected chi connectivity index (χ0v) is 33.6. The van der Waals surface area contributed by atoms with Crippen molar-refractivity contribution >= 4 is 57.4 Å². The van der Waals surface area contributed by atoms with Crippen LogP contribution in [-0.4, -0.2) is 89.7 Å². The fourth-order valence-corrected chi connectivity index (χ4v) is 7.65. The average Bonchev–Trinajstić information content (AvgIpc) is 3.79. The zero-order chi connectivity index (χ0) is 41.6. The third kappa shape index (κ3) is 7.66. The van der Waals surface area contributed by atoms with Gasteiger partial charge in [0, 0.05) is 90.6 Å². The molecule has 4 aromatic heterocycles. The molecule has 0 unspecified atom stereocenters. The lowest BCUT2D eigenvalue weighted by molar-refractivity contribution is -0.137. The summed E-state index contributed by atoms with van der Waals surface area (Å²) < 4.78 is 47.0. The second-order valence-electron chi connectivity index (χ2n) is 14.2. The average molecular weight is 846 g/mol. The molecule has 6 aromatic rings. The summed E-state index contributed by atoms with van der Waals surface area (Å²) in [7, 11) is 6.03. The largest absolute Gasteiger partial charge is 0.416 e. The molecule has 2 N–H and O–H groups in total. The lowest BCUT2D eigenvalue weighted by atomic mass is 10.1. The second kappa shape index (κ2) is 16.1. The molecule has 0 aliphatic carbocycles. The molecule has 2 aliphatic rings. The first-order valence-electron chi connectivity index (χ1n) is 18.4. The third-order valence-corrected chi connectivity index (χ3v) is 11.0. The molecule has 0 spiro atoms. The zero-order valence-electron chi connectivity index (χ0n) is 32.1. The SMILES string of the molecule is Cn1c(=O)c2c(nc(N3CCNCC3)n2Cc2ccc(C(F)(F)F)cc2)n(C)c1=O.Cn1c(=O)c2c(nc(N3CCNCC3)n2Cc2ccc(Cl)cc2Cl)n(C)c1=O. The van der Waals surface area contributed by atoms with Crippen molar-refractivity contribution < 1.29 is 13.2 Å². The molecule has 6 heterocycles. The van der Waals surface area contributed by atoms with E-state index >= 15 is 0 Å². The van der Waals surface area contributed by atoms with Crippen LogP contribution in [0.4, 0.5) is 25.1 Å². The first-order chi connectivity index (χ1) is 27.6. The maximum Gasteiger partial charge on any atom is 0.416 e. The molecule has 0 atom stereocenters. The van der Waals surface area contributed by atoms with Crippen LogP contribution in [0.1, 0.15) is 16.7 Å². The molecular formula is C37H41Cl2F3N12O4. The molecule has 0 bridgehead atoms. The summed E-state index contributed by atoms with van der Waals surface area (Å²) in [6, 6.07) is 10.1. The van der Waals surface area contributed by atoms with E-state index in [0.717, 1.165) is 66.1 Å². The molecule has 2 aliphatic heterocycles. The van der Waals surface area contributed by atoms with E-state index in [1.54, 1.807) is 30.8 Å². The molecule has 8 rings (SSSR count). The van der Waals surface area contributed by atoms with Crippen LogP contribution in [0.25, 0.3) is 22.3 Å². The number of imidazole rings is 2.